The first-order valence-corrected chi connectivity index (χ1v) is 25.1. The van der Waals surface area contributed by atoms with Crippen LogP contribution in [0.4, 0.5) is 17.1 Å². The van der Waals surface area contributed by atoms with Crippen LogP contribution in [0.2, 0.25) is 0 Å². The third kappa shape index (κ3) is 5.28. The van der Waals surface area contributed by atoms with Crippen LogP contribution in [0.25, 0.3) is 38.6 Å². The zero-order valence-corrected chi connectivity index (χ0v) is 41.4. The highest BCUT2D eigenvalue weighted by Crippen LogP contribution is 2.64. The van der Waals surface area contributed by atoms with Crippen molar-refractivity contribution < 1.29 is 0 Å². The lowest BCUT2D eigenvalue weighted by Gasteiger charge is -2.46. The zero-order valence-electron chi connectivity index (χ0n) is 41.4. The third-order valence-corrected chi connectivity index (χ3v) is 17.9. The van der Waals surface area contributed by atoms with Crippen LogP contribution in [-0.4, -0.2) is 0 Å². The molecule has 0 amide bonds. The molecule has 1 heteroatoms. The van der Waals surface area contributed by atoms with E-state index >= 15 is 0 Å². The number of hydrogen-bond donors (Lipinski definition) is 0. The lowest BCUT2D eigenvalue weighted by atomic mass is 9.65. The summed E-state index contributed by atoms with van der Waals surface area (Å²) >= 11 is 0. The van der Waals surface area contributed by atoms with Crippen LogP contribution >= 0.6 is 0 Å². The van der Waals surface area contributed by atoms with Crippen LogP contribution < -0.4 is 4.90 Å². The predicted octanol–water partition coefficient (Wildman–Crippen LogP) is 17.7. The molecule has 0 radical (unpaired) electrons. The molecule has 8 aromatic carbocycles. The molecule has 1 aliphatic heterocycles. The van der Waals surface area contributed by atoms with Gasteiger partial charge in [-0.2, -0.15) is 0 Å². The molecule has 1 atom stereocenters. The second-order valence-electron chi connectivity index (χ2n) is 23.1. The van der Waals surface area contributed by atoms with Crippen LogP contribution in [0, 0.1) is 0 Å². The number of allylic oxidation sites excluding steroid dienone is 4. The minimum absolute atomic E-state index is 0.0161. The van der Waals surface area contributed by atoms with Crippen LogP contribution in [0.15, 0.2) is 175 Å². The summed E-state index contributed by atoms with van der Waals surface area (Å²) in [7, 11) is 0. The summed E-state index contributed by atoms with van der Waals surface area (Å²) in [5, 5.41) is 2.61. The van der Waals surface area contributed by atoms with Crippen molar-refractivity contribution in [2.75, 3.05) is 4.90 Å². The van der Waals surface area contributed by atoms with E-state index in [-0.39, 0.29) is 27.6 Å². The summed E-state index contributed by atoms with van der Waals surface area (Å²) in [4.78, 5) is 2.73. The molecule has 1 unspecified atom stereocenters. The van der Waals surface area contributed by atoms with Gasteiger partial charge in [-0.25, -0.2) is 0 Å². The molecule has 0 bridgehead atoms. The van der Waals surface area contributed by atoms with Crippen molar-refractivity contribution in [3.05, 3.63) is 237 Å². The average molecular weight is 880 g/mol. The van der Waals surface area contributed by atoms with E-state index in [0.717, 1.165) is 6.42 Å². The van der Waals surface area contributed by atoms with Crippen molar-refractivity contribution in [1.29, 1.82) is 0 Å². The minimum atomic E-state index is -0.472. The van der Waals surface area contributed by atoms with Crippen molar-refractivity contribution >= 4 is 33.4 Å². The Labute approximate surface area is 403 Å². The maximum atomic E-state index is 2.73. The Kier molecular flexibility index (Phi) is 8.37. The van der Waals surface area contributed by atoms with Crippen LogP contribution in [0.1, 0.15) is 143 Å². The maximum Gasteiger partial charge on any atom is 0.0543 e. The van der Waals surface area contributed by atoms with Crippen molar-refractivity contribution in [3.63, 3.8) is 0 Å². The van der Waals surface area contributed by atoms with Crippen molar-refractivity contribution in [1.82, 2.24) is 0 Å². The summed E-state index contributed by atoms with van der Waals surface area (Å²) < 4.78 is 0. The van der Waals surface area contributed by atoms with Gasteiger partial charge >= 0.3 is 0 Å². The molecule has 0 saturated carbocycles. The van der Waals surface area contributed by atoms with Gasteiger partial charge in [0.2, 0.25) is 0 Å². The molecule has 0 fully saturated rings. The Morgan fingerprint density at radius 2 is 0.926 bits per heavy atom. The third-order valence-electron chi connectivity index (χ3n) is 17.9. The fraction of sp³-hybridized carbons (Fsp3) is 0.254. The number of hydrogen-bond acceptors (Lipinski definition) is 1. The molecule has 4 aliphatic carbocycles. The Balaban J connectivity index is 1.15. The van der Waals surface area contributed by atoms with Gasteiger partial charge < -0.3 is 4.90 Å². The van der Waals surface area contributed by atoms with Gasteiger partial charge in [-0.3, -0.25) is 0 Å². The molecule has 0 aromatic heterocycles. The number of rotatable bonds is 2. The van der Waals surface area contributed by atoms with Crippen LogP contribution in [-0.2, 0) is 27.1 Å². The molecule has 0 spiro atoms. The molecule has 0 N–H and O–H groups in total. The molecule has 1 heterocycles. The smallest absolute Gasteiger partial charge is 0.0543 e. The Morgan fingerprint density at radius 3 is 1.53 bits per heavy atom. The number of nitrogens with zero attached hydrogens (tertiary/aromatic N) is 1. The van der Waals surface area contributed by atoms with Crippen molar-refractivity contribution in [2.45, 2.75) is 109 Å². The Hall–Kier alpha value is -6.70. The van der Waals surface area contributed by atoms with E-state index in [1.165, 1.54) is 122 Å². The van der Waals surface area contributed by atoms with Gasteiger partial charge in [-0.05, 0) is 155 Å². The molecule has 13 rings (SSSR count). The Morgan fingerprint density at radius 1 is 0.426 bits per heavy atom. The molecule has 1 nitrogen and oxygen atoms in total. The van der Waals surface area contributed by atoms with Gasteiger partial charge in [-0.15, -0.1) is 0 Å². The topological polar surface area (TPSA) is 3.24 Å². The van der Waals surface area contributed by atoms with E-state index in [9.17, 15) is 0 Å². The first-order chi connectivity index (χ1) is 32.5. The summed E-state index contributed by atoms with van der Waals surface area (Å²) in [6.45, 7) is 24.5. The standard InChI is InChI=1S/C67H61N/c1-40-34-53-47(32-33-63(2,3)50-29-19-16-24-42(40)50)62-46-28-15-14-27-45(46)59(39-58(62)66(53,8)9)68-60-37-54-48(43-25-17-20-30-51(43)64(54,4)5)35-56(60)67(10,41-22-12-11-13-23-41)57-36-49-44-26-18-21-31-52(44)65(6,7)55(49)38-61(57)68/h11-32,34-40H,33H2,1-10H3/b47-32+,53-34+. The number of fused-ring (bicyclic) bond motifs is 14. The first-order valence-electron chi connectivity index (χ1n) is 25.1. The largest absolute Gasteiger partial charge is 0.309 e. The second-order valence-corrected chi connectivity index (χ2v) is 23.1. The maximum absolute atomic E-state index is 2.73. The van der Waals surface area contributed by atoms with E-state index in [1.54, 1.807) is 0 Å². The van der Waals surface area contributed by atoms with E-state index < -0.39 is 5.41 Å². The predicted molar refractivity (Wildman–Crippen MR) is 287 cm³/mol. The average Bonchev–Trinajstić information content (AvgIpc) is 3.82. The first kappa shape index (κ1) is 41.5. The summed E-state index contributed by atoms with van der Waals surface area (Å²) in [6.07, 6.45) is 6.18. The number of benzene rings is 8. The quantitative estimate of drug-likeness (QED) is 0.167. The number of anilines is 3. The molecule has 334 valence electrons. The van der Waals surface area contributed by atoms with Crippen LogP contribution in [0.5, 0.6) is 0 Å². The molecular weight excluding hydrogens is 819 g/mol. The summed E-state index contributed by atoms with van der Waals surface area (Å²) in [6, 6.07) is 61.2. The van der Waals surface area contributed by atoms with Crippen LogP contribution in [0.3, 0.4) is 0 Å². The van der Waals surface area contributed by atoms with Gasteiger partial charge in [0.25, 0.3) is 0 Å². The van der Waals surface area contributed by atoms with Gasteiger partial charge in [-0.1, -0.05) is 202 Å². The molecule has 0 saturated heterocycles. The molecule has 8 aromatic rings. The van der Waals surface area contributed by atoms with Gasteiger partial charge in [0.05, 0.1) is 17.1 Å². The van der Waals surface area contributed by atoms with Gasteiger partial charge in [0.1, 0.15) is 0 Å². The SMILES string of the molecule is CC1/C=C2\C(=C/CC(C)(C)c3ccccc31)c1c(cc(N3c4cc5c(cc4C(C)(c4ccccc4)c4cc6c(cc43)C(C)(C)c3ccccc3-6)-c3ccccc3C5(C)C)c3ccccc13)C2(C)C. The van der Waals surface area contributed by atoms with Gasteiger partial charge in [0, 0.05) is 27.0 Å². The molecule has 5 aliphatic rings. The van der Waals surface area contributed by atoms with E-state index in [0.29, 0.717) is 0 Å². The molecular formula is C67H61N. The minimum Gasteiger partial charge on any atom is -0.309 e. The Bertz CT molecular complexity index is 3450. The summed E-state index contributed by atoms with van der Waals surface area (Å²) in [5.41, 5.74) is 26.2. The van der Waals surface area contributed by atoms with Crippen molar-refractivity contribution in [3.8, 4) is 22.3 Å². The fourth-order valence-corrected chi connectivity index (χ4v) is 14.0. The second kappa shape index (κ2) is 13.7. The highest BCUT2D eigenvalue weighted by molar-refractivity contribution is 6.11. The lowest BCUT2D eigenvalue weighted by molar-refractivity contribution is 0.527. The fourth-order valence-electron chi connectivity index (χ4n) is 14.0. The van der Waals surface area contributed by atoms with E-state index in [4.69, 9.17) is 0 Å². The normalized spacial score (nSPS) is 21.4. The summed E-state index contributed by atoms with van der Waals surface area (Å²) in [5.74, 6) is 0.266. The highest BCUT2D eigenvalue weighted by atomic mass is 15.2. The zero-order chi connectivity index (χ0) is 46.9. The molecule has 68 heavy (non-hydrogen) atoms. The van der Waals surface area contributed by atoms with E-state index in [1.807, 2.05) is 0 Å². The van der Waals surface area contributed by atoms with E-state index in [2.05, 4.69) is 244 Å². The monoisotopic (exact) mass is 879 g/mol. The van der Waals surface area contributed by atoms with Gasteiger partial charge in [0.15, 0.2) is 0 Å². The van der Waals surface area contributed by atoms with Crippen molar-refractivity contribution in [2.24, 2.45) is 0 Å². The lowest BCUT2D eigenvalue weighted by Crippen LogP contribution is -2.35. The highest BCUT2D eigenvalue weighted by Gasteiger charge is 2.49.